The van der Waals surface area contributed by atoms with Gasteiger partial charge < -0.3 is 9.80 Å². The second-order valence-corrected chi connectivity index (χ2v) is 7.79. The number of para-hydroxylation sites is 1. The molecule has 0 saturated heterocycles. The van der Waals surface area contributed by atoms with Gasteiger partial charge in [-0.15, -0.1) is 0 Å². The lowest BCUT2D eigenvalue weighted by Gasteiger charge is -2.31. The zero-order chi connectivity index (χ0) is 19.8. The Bertz CT molecular complexity index is 1080. The third-order valence-corrected chi connectivity index (χ3v) is 5.85. The monoisotopic (exact) mass is 384 g/mol. The standard InChI is InChI=1S/C24H24N4O/c1-17-25-21(24(29)28-13-6-10-19-8-4-5-11-22(19)28)15-23(26-17)27-14-12-18-7-2-3-9-20(18)16-27/h2-5,7-9,11,15H,6,10,12-14,16H2,1H3. The Morgan fingerprint density at radius 1 is 0.897 bits per heavy atom. The van der Waals surface area contributed by atoms with Gasteiger partial charge in [-0.1, -0.05) is 42.5 Å². The molecule has 0 radical (unpaired) electrons. The number of aromatic nitrogens is 2. The van der Waals surface area contributed by atoms with Gasteiger partial charge in [0.15, 0.2) is 0 Å². The van der Waals surface area contributed by atoms with Crippen molar-refractivity contribution >= 4 is 17.4 Å². The molecule has 2 aromatic carbocycles. The van der Waals surface area contributed by atoms with Crippen LogP contribution in [-0.2, 0) is 19.4 Å². The Kier molecular flexibility index (Phi) is 4.51. The molecule has 2 aliphatic rings. The molecule has 0 atom stereocenters. The molecule has 0 aliphatic carbocycles. The van der Waals surface area contributed by atoms with Gasteiger partial charge in [0, 0.05) is 31.4 Å². The van der Waals surface area contributed by atoms with Crippen LogP contribution in [0.15, 0.2) is 54.6 Å². The van der Waals surface area contributed by atoms with Crippen molar-refractivity contribution in [3.8, 4) is 0 Å². The zero-order valence-electron chi connectivity index (χ0n) is 16.6. The molecule has 146 valence electrons. The first-order valence-electron chi connectivity index (χ1n) is 10.3. The normalized spacial score (nSPS) is 15.6. The molecule has 2 aliphatic heterocycles. The van der Waals surface area contributed by atoms with Gasteiger partial charge in [-0.05, 0) is 48.9 Å². The maximum atomic E-state index is 13.4. The van der Waals surface area contributed by atoms with Gasteiger partial charge >= 0.3 is 0 Å². The zero-order valence-corrected chi connectivity index (χ0v) is 16.6. The Morgan fingerprint density at radius 3 is 2.52 bits per heavy atom. The van der Waals surface area contributed by atoms with Crippen molar-refractivity contribution in [1.29, 1.82) is 0 Å². The summed E-state index contributed by atoms with van der Waals surface area (Å²) in [5.41, 5.74) is 5.44. The minimum atomic E-state index is -0.0405. The molecular formula is C24H24N4O. The highest BCUT2D eigenvalue weighted by Gasteiger charge is 2.26. The SMILES string of the molecule is Cc1nc(C(=O)N2CCCc3ccccc32)cc(N2CCc3ccccc3C2)n1. The van der Waals surface area contributed by atoms with E-state index in [1.165, 1.54) is 16.7 Å². The lowest BCUT2D eigenvalue weighted by molar-refractivity contribution is 0.0980. The molecule has 0 unspecified atom stereocenters. The van der Waals surface area contributed by atoms with Gasteiger partial charge in [0.1, 0.15) is 17.3 Å². The van der Waals surface area contributed by atoms with E-state index in [-0.39, 0.29) is 5.91 Å². The molecule has 5 rings (SSSR count). The molecule has 0 saturated carbocycles. The van der Waals surface area contributed by atoms with E-state index in [0.717, 1.165) is 50.4 Å². The molecule has 3 heterocycles. The lowest BCUT2D eigenvalue weighted by atomic mass is 10.00. The van der Waals surface area contributed by atoms with E-state index >= 15 is 0 Å². The number of anilines is 2. The number of amides is 1. The van der Waals surface area contributed by atoms with Crippen molar-refractivity contribution < 1.29 is 4.79 Å². The molecule has 5 nitrogen and oxygen atoms in total. The summed E-state index contributed by atoms with van der Waals surface area (Å²) >= 11 is 0. The molecule has 0 bridgehead atoms. The highest BCUT2D eigenvalue weighted by molar-refractivity contribution is 6.05. The second kappa shape index (κ2) is 7.32. The molecule has 1 aromatic heterocycles. The van der Waals surface area contributed by atoms with Crippen LogP contribution in [0.2, 0.25) is 0 Å². The maximum Gasteiger partial charge on any atom is 0.277 e. The van der Waals surface area contributed by atoms with E-state index in [9.17, 15) is 4.79 Å². The van der Waals surface area contributed by atoms with Crippen LogP contribution >= 0.6 is 0 Å². The minimum Gasteiger partial charge on any atom is -0.352 e. The maximum absolute atomic E-state index is 13.4. The summed E-state index contributed by atoms with van der Waals surface area (Å²) < 4.78 is 0. The van der Waals surface area contributed by atoms with Gasteiger partial charge in [0.2, 0.25) is 0 Å². The summed E-state index contributed by atoms with van der Waals surface area (Å²) in [5.74, 6) is 1.43. The Hall–Kier alpha value is -3.21. The third kappa shape index (κ3) is 3.37. The van der Waals surface area contributed by atoms with E-state index in [1.54, 1.807) is 0 Å². The van der Waals surface area contributed by atoms with Crippen molar-refractivity contribution in [2.24, 2.45) is 0 Å². The van der Waals surface area contributed by atoms with E-state index in [4.69, 9.17) is 0 Å². The van der Waals surface area contributed by atoms with Crippen LogP contribution in [0.1, 0.15) is 39.4 Å². The predicted octanol–water partition coefficient (Wildman–Crippen LogP) is 3.94. The van der Waals surface area contributed by atoms with Gasteiger partial charge in [-0.2, -0.15) is 0 Å². The van der Waals surface area contributed by atoms with E-state index in [0.29, 0.717) is 11.5 Å². The highest BCUT2D eigenvalue weighted by atomic mass is 16.2. The second-order valence-electron chi connectivity index (χ2n) is 7.79. The number of hydrogen-bond donors (Lipinski definition) is 0. The first-order valence-corrected chi connectivity index (χ1v) is 10.3. The van der Waals surface area contributed by atoms with E-state index in [2.05, 4.69) is 45.2 Å². The predicted molar refractivity (Wildman–Crippen MR) is 114 cm³/mol. The van der Waals surface area contributed by atoms with Crippen LogP contribution in [0.3, 0.4) is 0 Å². The summed E-state index contributed by atoms with van der Waals surface area (Å²) in [4.78, 5) is 26.6. The van der Waals surface area contributed by atoms with Crippen LogP contribution in [0.4, 0.5) is 11.5 Å². The largest absolute Gasteiger partial charge is 0.352 e. The lowest BCUT2D eigenvalue weighted by Crippen LogP contribution is -2.36. The van der Waals surface area contributed by atoms with Crippen molar-refractivity contribution in [2.75, 3.05) is 22.9 Å². The molecule has 0 spiro atoms. The van der Waals surface area contributed by atoms with Gasteiger partial charge in [-0.3, -0.25) is 4.79 Å². The summed E-state index contributed by atoms with van der Waals surface area (Å²) in [6, 6.07) is 18.6. The topological polar surface area (TPSA) is 49.3 Å². The van der Waals surface area contributed by atoms with E-state index < -0.39 is 0 Å². The molecule has 5 heteroatoms. The third-order valence-electron chi connectivity index (χ3n) is 5.85. The van der Waals surface area contributed by atoms with Gasteiger partial charge in [-0.25, -0.2) is 9.97 Å². The van der Waals surface area contributed by atoms with Crippen LogP contribution in [0.5, 0.6) is 0 Å². The summed E-state index contributed by atoms with van der Waals surface area (Å²) in [7, 11) is 0. The van der Waals surface area contributed by atoms with E-state index in [1.807, 2.05) is 36.1 Å². The summed E-state index contributed by atoms with van der Waals surface area (Å²) in [6.07, 6.45) is 2.98. The van der Waals surface area contributed by atoms with Crippen molar-refractivity contribution in [3.63, 3.8) is 0 Å². The number of nitrogens with zero attached hydrogens (tertiary/aromatic N) is 4. The molecular weight excluding hydrogens is 360 g/mol. The van der Waals surface area contributed by atoms with Crippen molar-refractivity contribution in [3.05, 3.63) is 82.8 Å². The first kappa shape index (κ1) is 17.9. The van der Waals surface area contributed by atoms with Crippen molar-refractivity contribution in [1.82, 2.24) is 9.97 Å². The Labute approximate surface area is 171 Å². The van der Waals surface area contributed by atoms with Crippen molar-refractivity contribution in [2.45, 2.75) is 32.7 Å². The number of hydrogen-bond acceptors (Lipinski definition) is 4. The van der Waals surface area contributed by atoms with Crippen LogP contribution in [-0.4, -0.2) is 29.0 Å². The average Bonchev–Trinajstić information content (AvgIpc) is 2.77. The molecule has 0 N–H and O–H groups in total. The van der Waals surface area contributed by atoms with Crippen LogP contribution < -0.4 is 9.80 Å². The smallest absolute Gasteiger partial charge is 0.277 e. The fraction of sp³-hybridized carbons (Fsp3) is 0.292. The average molecular weight is 384 g/mol. The number of fused-ring (bicyclic) bond motifs is 2. The molecule has 29 heavy (non-hydrogen) atoms. The molecule has 1 amide bonds. The number of carbonyl (C=O) groups is 1. The van der Waals surface area contributed by atoms with Gasteiger partial charge in [0.25, 0.3) is 5.91 Å². The van der Waals surface area contributed by atoms with Gasteiger partial charge in [0.05, 0.1) is 0 Å². The fourth-order valence-corrected chi connectivity index (χ4v) is 4.40. The first-order chi connectivity index (χ1) is 14.2. The summed E-state index contributed by atoms with van der Waals surface area (Å²) in [6.45, 7) is 4.30. The highest BCUT2D eigenvalue weighted by Crippen LogP contribution is 2.29. The Balaban J connectivity index is 1.46. The number of carbonyl (C=O) groups excluding carboxylic acids is 1. The number of rotatable bonds is 2. The molecule has 3 aromatic rings. The number of aryl methyl sites for hydroxylation is 2. The van der Waals surface area contributed by atoms with Crippen LogP contribution in [0.25, 0.3) is 0 Å². The fourth-order valence-electron chi connectivity index (χ4n) is 4.40. The molecule has 0 fully saturated rings. The Morgan fingerprint density at radius 2 is 1.66 bits per heavy atom. The number of benzene rings is 2. The minimum absolute atomic E-state index is 0.0405. The van der Waals surface area contributed by atoms with Crippen LogP contribution in [0, 0.1) is 6.92 Å². The quantitative estimate of drug-likeness (QED) is 0.671. The summed E-state index contributed by atoms with van der Waals surface area (Å²) in [5, 5.41) is 0.